The van der Waals surface area contributed by atoms with E-state index >= 15 is 0 Å². The maximum atomic E-state index is 11.0. The van der Waals surface area contributed by atoms with Crippen LogP contribution in [0.1, 0.15) is 31.4 Å². The number of carbonyl (C=O) groups is 1. The normalized spacial score (nSPS) is 18.6. The van der Waals surface area contributed by atoms with Crippen LogP contribution in [0.4, 0.5) is 4.79 Å². The molecule has 4 heteroatoms. The summed E-state index contributed by atoms with van der Waals surface area (Å²) in [6.07, 6.45) is 1.94. The SMILES string of the molecule is CC(NC1CCN(C(N)=O)CC1)c1ccccc1. The Morgan fingerprint density at radius 3 is 2.50 bits per heavy atom. The van der Waals surface area contributed by atoms with Gasteiger partial charge in [-0.25, -0.2) is 4.79 Å². The lowest BCUT2D eigenvalue weighted by atomic mass is 10.0. The van der Waals surface area contributed by atoms with Crippen LogP contribution in [0.25, 0.3) is 0 Å². The van der Waals surface area contributed by atoms with Crippen LogP contribution in [0.5, 0.6) is 0 Å². The first-order valence-corrected chi connectivity index (χ1v) is 6.52. The standard InChI is InChI=1S/C14H21N3O/c1-11(12-5-3-2-4-6-12)16-13-7-9-17(10-8-13)14(15)18/h2-6,11,13,16H,7-10H2,1H3,(H2,15,18). The minimum Gasteiger partial charge on any atom is -0.351 e. The molecule has 2 rings (SSSR count). The van der Waals surface area contributed by atoms with Crippen molar-refractivity contribution in [3.8, 4) is 0 Å². The molecule has 0 aliphatic carbocycles. The molecule has 0 bridgehead atoms. The Morgan fingerprint density at radius 2 is 1.94 bits per heavy atom. The van der Waals surface area contributed by atoms with Gasteiger partial charge in [-0.2, -0.15) is 0 Å². The number of piperidine rings is 1. The minimum atomic E-state index is -0.301. The zero-order chi connectivity index (χ0) is 13.0. The molecule has 0 spiro atoms. The molecule has 4 nitrogen and oxygen atoms in total. The summed E-state index contributed by atoms with van der Waals surface area (Å²) in [6, 6.07) is 10.9. The molecule has 0 aromatic heterocycles. The summed E-state index contributed by atoms with van der Waals surface area (Å²) in [5.41, 5.74) is 6.57. The van der Waals surface area contributed by atoms with E-state index in [1.54, 1.807) is 4.90 Å². The number of primary amides is 1. The van der Waals surface area contributed by atoms with E-state index in [1.165, 1.54) is 5.56 Å². The molecule has 1 aromatic carbocycles. The molecule has 18 heavy (non-hydrogen) atoms. The van der Waals surface area contributed by atoms with Crippen molar-refractivity contribution in [1.29, 1.82) is 0 Å². The number of urea groups is 1. The molecule has 1 saturated heterocycles. The Hall–Kier alpha value is -1.55. The number of hydrogen-bond acceptors (Lipinski definition) is 2. The Labute approximate surface area is 108 Å². The number of nitrogens with two attached hydrogens (primary N) is 1. The lowest BCUT2D eigenvalue weighted by molar-refractivity contribution is 0.183. The summed E-state index contributed by atoms with van der Waals surface area (Å²) >= 11 is 0. The second-order valence-electron chi connectivity index (χ2n) is 4.90. The van der Waals surface area contributed by atoms with E-state index in [9.17, 15) is 4.79 Å². The number of rotatable bonds is 3. The van der Waals surface area contributed by atoms with Crippen LogP contribution in [0.15, 0.2) is 30.3 Å². The Morgan fingerprint density at radius 1 is 1.33 bits per heavy atom. The van der Waals surface area contributed by atoms with Crippen molar-refractivity contribution < 1.29 is 4.79 Å². The molecule has 1 aromatic rings. The first-order chi connectivity index (χ1) is 8.66. The highest BCUT2D eigenvalue weighted by atomic mass is 16.2. The molecule has 1 heterocycles. The van der Waals surface area contributed by atoms with E-state index in [-0.39, 0.29) is 6.03 Å². The highest BCUT2D eigenvalue weighted by molar-refractivity contribution is 5.72. The number of benzene rings is 1. The Balaban J connectivity index is 1.83. The molecule has 2 amide bonds. The second-order valence-corrected chi connectivity index (χ2v) is 4.90. The van der Waals surface area contributed by atoms with Crippen LogP contribution < -0.4 is 11.1 Å². The van der Waals surface area contributed by atoms with E-state index in [1.807, 2.05) is 6.07 Å². The lowest BCUT2D eigenvalue weighted by Crippen LogP contribution is -2.47. The smallest absolute Gasteiger partial charge is 0.314 e. The minimum absolute atomic E-state index is 0.301. The van der Waals surface area contributed by atoms with Crippen LogP contribution in [0, 0.1) is 0 Å². The second kappa shape index (κ2) is 5.87. The summed E-state index contributed by atoms with van der Waals surface area (Å²) in [5, 5.41) is 3.62. The first-order valence-electron chi connectivity index (χ1n) is 6.52. The van der Waals surface area contributed by atoms with Crippen LogP contribution in [0.3, 0.4) is 0 Å². The monoisotopic (exact) mass is 247 g/mol. The third-order valence-corrected chi connectivity index (χ3v) is 3.59. The molecule has 3 N–H and O–H groups in total. The molecule has 1 atom stereocenters. The summed E-state index contributed by atoms with van der Waals surface area (Å²) in [7, 11) is 0. The molecule has 1 unspecified atom stereocenters. The maximum Gasteiger partial charge on any atom is 0.314 e. The van der Waals surface area contributed by atoms with Crippen LogP contribution in [-0.2, 0) is 0 Å². The summed E-state index contributed by atoms with van der Waals surface area (Å²) in [6.45, 7) is 3.69. The van der Waals surface area contributed by atoms with E-state index in [2.05, 4.69) is 36.5 Å². The highest BCUT2D eigenvalue weighted by Crippen LogP contribution is 2.16. The van der Waals surface area contributed by atoms with Gasteiger partial charge in [-0.05, 0) is 25.3 Å². The number of amides is 2. The van der Waals surface area contributed by atoms with Gasteiger partial charge in [0.15, 0.2) is 0 Å². The van der Waals surface area contributed by atoms with Gasteiger partial charge in [0, 0.05) is 25.2 Å². The van der Waals surface area contributed by atoms with E-state index in [0.717, 1.165) is 25.9 Å². The average molecular weight is 247 g/mol. The molecule has 0 radical (unpaired) electrons. The fourth-order valence-corrected chi connectivity index (χ4v) is 2.46. The zero-order valence-electron chi connectivity index (χ0n) is 10.8. The van der Waals surface area contributed by atoms with Crippen molar-refractivity contribution >= 4 is 6.03 Å². The fraction of sp³-hybridized carbons (Fsp3) is 0.500. The molecular weight excluding hydrogens is 226 g/mol. The molecule has 1 fully saturated rings. The maximum absolute atomic E-state index is 11.0. The van der Waals surface area contributed by atoms with Crippen LogP contribution in [0.2, 0.25) is 0 Å². The van der Waals surface area contributed by atoms with E-state index in [0.29, 0.717) is 12.1 Å². The van der Waals surface area contributed by atoms with Crippen LogP contribution in [-0.4, -0.2) is 30.1 Å². The van der Waals surface area contributed by atoms with Gasteiger partial charge in [-0.15, -0.1) is 0 Å². The molecule has 1 aliphatic rings. The Kier molecular flexibility index (Phi) is 4.20. The van der Waals surface area contributed by atoms with Crippen molar-refractivity contribution in [1.82, 2.24) is 10.2 Å². The van der Waals surface area contributed by atoms with Crippen molar-refractivity contribution in [2.45, 2.75) is 31.8 Å². The van der Waals surface area contributed by atoms with Gasteiger partial charge in [-0.1, -0.05) is 30.3 Å². The lowest BCUT2D eigenvalue weighted by Gasteiger charge is -2.33. The quantitative estimate of drug-likeness (QED) is 0.856. The van der Waals surface area contributed by atoms with Gasteiger partial charge in [0.1, 0.15) is 0 Å². The molecule has 98 valence electrons. The van der Waals surface area contributed by atoms with Crippen molar-refractivity contribution in [2.75, 3.05) is 13.1 Å². The number of hydrogen-bond donors (Lipinski definition) is 2. The topological polar surface area (TPSA) is 58.4 Å². The van der Waals surface area contributed by atoms with Gasteiger partial charge in [0.05, 0.1) is 0 Å². The van der Waals surface area contributed by atoms with Gasteiger partial charge in [0.2, 0.25) is 0 Å². The van der Waals surface area contributed by atoms with Crippen molar-refractivity contribution in [2.24, 2.45) is 5.73 Å². The van der Waals surface area contributed by atoms with Gasteiger partial charge >= 0.3 is 6.03 Å². The first kappa shape index (κ1) is 12.9. The summed E-state index contributed by atoms with van der Waals surface area (Å²) < 4.78 is 0. The molecular formula is C14H21N3O. The predicted octanol–water partition coefficient (Wildman–Crippen LogP) is 1.88. The van der Waals surface area contributed by atoms with Gasteiger partial charge in [0.25, 0.3) is 0 Å². The largest absolute Gasteiger partial charge is 0.351 e. The third-order valence-electron chi connectivity index (χ3n) is 3.59. The molecule has 0 saturated carbocycles. The number of carbonyl (C=O) groups excluding carboxylic acids is 1. The Bertz CT molecular complexity index is 385. The van der Waals surface area contributed by atoms with E-state index in [4.69, 9.17) is 5.73 Å². The summed E-state index contributed by atoms with van der Waals surface area (Å²) in [5.74, 6) is 0. The summed E-state index contributed by atoms with van der Waals surface area (Å²) in [4.78, 5) is 12.7. The van der Waals surface area contributed by atoms with Crippen molar-refractivity contribution in [3.63, 3.8) is 0 Å². The fourth-order valence-electron chi connectivity index (χ4n) is 2.46. The predicted molar refractivity (Wildman–Crippen MR) is 72.2 cm³/mol. The van der Waals surface area contributed by atoms with Crippen molar-refractivity contribution in [3.05, 3.63) is 35.9 Å². The number of nitrogens with zero attached hydrogens (tertiary/aromatic N) is 1. The van der Waals surface area contributed by atoms with E-state index < -0.39 is 0 Å². The highest BCUT2D eigenvalue weighted by Gasteiger charge is 2.22. The van der Waals surface area contributed by atoms with Gasteiger partial charge in [-0.3, -0.25) is 0 Å². The average Bonchev–Trinajstić information content (AvgIpc) is 2.40. The zero-order valence-corrected chi connectivity index (χ0v) is 10.8. The van der Waals surface area contributed by atoms with Gasteiger partial charge < -0.3 is 16.0 Å². The third kappa shape index (κ3) is 3.23. The van der Waals surface area contributed by atoms with Crippen LogP contribution >= 0.6 is 0 Å². The number of nitrogens with one attached hydrogen (secondary N) is 1. The number of likely N-dealkylation sites (tertiary alicyclic amines) is 1. The molecule has 1 aliphatic heterocycles.